The lowest BCUT2D eigenvalue weighted by Crippen LogP contribution is -1.90. The van der Waals surface area contributed by atoms with Gasteiger partial charge in [-0.15, -0.1) is 0 Å². The highest BCUT2D eigenvalue weighted by atomic mass is 79.9. The van der Waals surface area contributed by atoms with Gasteiger partial charge in [-0.25, -0.2) is 4.98 Å². The lowest BCUT2D eigenvalue weighted by atomic mass is 10.3. The van der Waals surface area contributed by atoms with E-state index in [9.17, 15) is 0 Å². The number of ether oxygens (including phenoxy) is 1. The molecule has 6 heteroatoms. The van der Waals surface area contributed by atoms with E-state index in [0.717, 1.165) is 31.3 Å². The molecule has 3 nitrogen and oxygen atoms in total. The zero-order valence-electron chi connectivity index (χ0n) is 11.2. The Bertz CT molecular complexity index is 790. The van der Waals surface area contributed by atoms with Crippen LogP contribution in [0.15, 0.2) is 40.9 Å². The number of nitrogens with zero attached hydrogens (tertiary/aromatic N) is 1. The van der Waals surface area contributed by atoms with Crippen molar-refractivity contribution in [1.29, 1.82) is 0 Å². The van der Waals surface area contributed by atoms with Crippen LogP contribution in [0.1, 0.15) is 6.92 Å². The number of benzene rings is 2. The molecule has 1 N–H and O–H groups in total. The fourth-order valence-electron chi connectivity index (χ4n) is 1.93. The molecule has 0 aliphatic carbocycles. The minimum atomic E-state index is 0.658. The number of nitrogens with one attached hydrogen (secondary N) is 1. The summed E-state index contributed by atoms with van der Waals surface area (Å²) in [6, 6.07) is 11.6. The van der Waals surface area contributed by atoms with Crippen molar-refractivity contribution in [2.45, 2.75) is 6.92 Å². The molecule has 3 aromatic rings. The number of thiazole rings is 1. The Balaban J connectivity index is 1.92. The first kappa shape index (κ1) is 14.6. The molecule has 2 aromatic carbocycles. The predicted octanol–water partition coefficient (Wildman–Crippen LogP) is 5.85. The minimum absolute atomic E-state index is 0.658. The summed E-state index contributed by atoms with van der Waals surface area (Å²) < 4.78 is 7.43. The number of anilines is 2. The van der Waals surface area contributed by atoms with Gasteiger partial charge >= 0.3 is 0 Å². The number of halogens is 2. The van der Waals surface area contributed by atoms with E-state index >= 15 is 0 Å². The summed E-state index contributed by atoms with van der Waals surface area (Å²) in [5.41, 5.74) is 1.84. The molecular formula is C15H12BrClN2OS. The Morgan fingerprint density at radius 3 is 3.00 bits per heavy atom. The Morgan fingerprint density at radius 1 is 1.33 bits per heavy atom. The second kappa shape index (κ2) is 6.22. The van der Waals surface area contributed by atoms with Crippen LogP contribution >= 0.6 is 38.9 Å². The van der Waals surface area contributed by atoms with Crippen LogP contribution in [0.2, 0.25) is 5.02 Å². The third-order valence-electron chi connectivity index (χ3n) is 2.86. The van der Waals surface area contributed by atoms with Crippen molar-refractivity contribution in [3.05, 3.63) is 45.9 Å². The average molecular weight is 384 g/mol. The van der Waals surface area contributed by atoms with Gasteiger partial charge in [0.15, 0.2) is 5.13 Å². The van der Waals surface area contributed by atoms with Gasteiger partial charge in [-0.2, -0.15) is 0 Å². The van der Waals surface area contributed by atoms with Crippen LogP contribution in [-0.4, -0.2) is 11.6 Å². The Morgan fingerprint density at radius 2 is 2.19 bits per heavy atom. The maximum Gasteiger partial charge on any atom is 0.188 e. The van der Waals surface area contributed by atoms with Gasteiger partial charge in [0.2, 0.25) is 0 Å². The van der Waals surface area contributed by atoms with Crippen LogP contribution in [-0.2, 0) is 0 Å². The monoisotopic (exact) mass is 382 g/mol. The van der Waals surface area contributed by atoms with Gasteiger partial charge < -0.3 is 10.1 Å². The molecule has 108 valence electrons. The summed E-state index contributed by atoms with van der Waals surface area (Å²) >= 11 is 11.2. The molecule has 21 heavy (non-hydrogen) atoms. The topological polar surface area (TPSA) is 34.1 Å². The van der Waals surface area contributed by atoms with Crippen molar-refractivity contribution >= 4 is 59.9 Å². The van der Waals surface area contributed by atoms with Crippen LogP contribution in [0.25, 0.3) is 10.2 Å². The molecule has 1 heterocycles. The first-order valence-corrected chi connectivity index (χ1v) is 8.40. The van der Waals surface area contributed by atoms with Gasteiger partial charge in [-0.1, -0.05) is 29.0 Å². The van der Waals surface area contributed by atoms with E-state index in [1.165, 1.54) is 0 Å². The SMILES string of the molecule is CCOc1ccc2nc(Nc3cccc(Cl)c3Br)sc2c1. The smallest absolute Gasteiger partial charge is 0.188 e. The summed E-state index contributed by atoms with van der Waals surface area (Å²) in [7, 11) is 0. The van der Waals surface area contributed by atoms with Crippen molar-refractivity contribution in [2.24, 2.45) is 0 Å². The van der Waals surface area contributed by atoms with E-state index in [-0.39, 0.29) is 0 Å². The van der Waals surface area contributed by atoms with Crippen LogP contribution in [0.5, 0.6) is 5.75 Å². The fourth-order valence-corrected chi connectivity index (χ4v) is 3.38. The average Bonchev–Trinajstić information content (AvgIpc) is 2.86. The lowest BCUT2D eigenvalue weighted by Gasteiger charge is -2.05. The lowest BCUT2D eigenvalue weighted by molar-refractivity contribution is 0.341. The summed E-state index contributed by atoms with van der Waals surface area (Å²) in [5, 5.41) is 4.78. The summed E-state index contributed by atoms with van der Waals surface area (Å²) in [6.45, 7) is 2.63. The largest absolute Gasteiger partial charge is 0.494 e. The van der Waals surface area contributed by atoms with Crippen LogP contribution in [0, 0.1) is 0 Å². The van der Waals surface area contributed by atoms with Gasteiger partial charge in [0.25, 0.3) is 0 Å². The third-order valence-corrected chi connectivity index (χ3v) is 5.20. The van der Waals surface area contributed by atoms with Crippen molar-refractivity contribution in [1.82, 2.24) is 4.98 Å². The van der Waals surface area contributed by atoms with E-state index in [0.29, 0.717) is 11.6 Å². The second-order valence-corrected chi connectivity index (χ2v) is 6.54. The molecule has 0 aliphatic rings. The minimum Gasteiger partial charge on any atom is -0.494 e. The van der Waals surface area contributed by atoms with E-state index < -0.39 is 0 Å². The van der Waals surface area contributed by atoms with Gasteiger partial charge in [-0.3, -0.25) is 0 Å². The Labute approximate surface area is 140 Å². The highest BCUT2D eigenvalue weighted by Crippen LogP contribution is 2.35. The molecule has 0 radical (unpaired) electrons. The van der Waals surface area contributed by atoms with E-state index in [1.807, 2.05) is 43.3 Å². The quantitative estimate of drug-likeness (QED) is 0.613. The molecule has 0 saturated heterocycles. The number of fused-ring (bicyclic) bond motifs is 1. The van der Waals surface area contributed by atoms with Crippen molar-refractivity contribution in [3.63, 3.8) is 0 Å². The van der Waals surface area contributed by atoms with E-state index in [2.05, 4.69) is 26.2 Å². The van der Waals surface area contributed by atoms with Gasteiger partial charge in [-0.05, 0) is 53.2 Å². The summed E-state index contributed by atoms with van der Waals surface area (Å²) in [5.74, 6) is 0.865. The molecule has 0 bridgehead atoms. The standard InChI is InChI=1S/C15H12BrClN2OS/c1-2-20-9-6-7-11-13(8-9)21-15(18-11)19-12-5-3-4-10(17)14(12)16/h3-8H,2H2,1H3,(H,18,19). The molecule has 0 unspecified atom stereocenters. The molecular weight excluding hydrogens is 372 g/mol. The van der Waals surface area contributed by atoms with Crippen molar-refractivity contribution < 1.29 is 4.74 Å². The maximum absolute atomic E-state index is 6.09. The first-order valence-electron chi connectivity index (χ1n) is 6.42. The molecule has 0 amide bonds. The summed E-state index contributed by atoms with van der Waals surface area (Å²) in [4.78, 5) is 4.57. The van der Waals surface area contributed by atoms with Crippen molar-refractivity contribution in [2.75, 3.05) is 11.9 Å². The fraction of sp³-hybridized carbons (Fsp3) is 0.133. The number of rotatable bonds is 4. The molecule has 3 rings (SSSR count). The van der Waals surface area contributed by atoms with Crippen LogP contribution in [0.4, 0.5) is 10.8 Å². The Hall–Kier alpha value is -1.30. The zero-order valence-corrected chi connectivity index (χ0v) is 14.3. The maximum atomic E-state index is 6.09. The highest BCUT2D eigenvalue weighted by molar-refractivity contribution is 9.10. The molecule has 0 saturated carbocycles. The molecule has 0 atom stereocenters. The van der Waals surface area contributed by atoms with Gasteiger partial charge in [0.05, 0.1) is 32.0 Å². The van der Waals surface area contributed by atoms with E-state index in [1.54, 1.807) is 11.3 Å². The Kier molecular flexibility index (Phi) is 4.33. The molecule has 0 spiro atoms. The third kappa shape index (κ3) is 3.15. The first-order chi connectivity index (χ1) is 10.2. The molecule has 0 fully saturated rings. The van der Waals surface area contributed by atoms with Crippen molar-refractivity contribution in [3.8, 4) is 5.75 Å². The summed E-state index contributed by atoms with van der Waals surface area (Å²) in [6.07, 6.45) is 0. The number of hydrogen-bond donors (Lipinski definition) is 1. The normalized spacial score (nSPS) is 10.8. The van der Waals surface area contributed by atoms with Crippen LogP contribution < -0.4 is 10.1 Å². The van der Waals surface area contributed by atoms with Gasteiger partial charge in [0.1, 0.15) is 5.75 Å². The number of aromatic nitrogens is 1. The van der Waals surface area contributed by atoms with E-state index in [4.69, 9.17) is 16.3 Å². The predicted molar refractivity (Wildman–Crippen MR) is 93.2 cm³/mol. The molecule has 1 aromatic heterocycles. The molecule has 0 aliphatic heterocycles. The van der Waals surface area contributed by atoms with Crippen LogP contribution in [0.3, 0.4) is 0 Å². The number of hydrogen-bond acceptors (Lipinski definition) is 4. The van der Waals surface area contributed by atoms with Gasteiger partial charge in [0, 0.05) is 0 Å². The highest BCUT2D eigenvalue weighted by Gasteiger charge is 2.08. The second-order valence-electron chi connectivity index (χ2n) is 4.31. The zero-order chi connectivity index (χ0) is 14.8.